The fourth-order valence-electron chi connectivity index (χ4n) is 8.61. The van der Waals surface area contributed by atoms with Gasteiger partial charge in [0.2, 0.25) is 70.9 Å². The van der Waals surface area contributed by atoms with Gasteiger partial charge in [-0.05, 0) is 83.8 Å². The number of thioether (sulfide) groups is 1. The molecule has 37 heteroatoms. The highest BCUT2D eigenvalue weighted by molar-refractivity contribution is 7.98. The first kappa shape index (κ1) is 80.3. The number of hydrogen-bond acceptors (Lipinski definition) is 20. The molecule has 0 unspecified atom stereocenters. The van der Waals surface area contributed by atoms with Crippen LogP contribution in [-0.4, -0.2) is 243 Å². The minimum Gasteiger partial charge on any atom is -0.481 e. The second-order valence-corrected chi connectivity index (χ2v) is 22.3. The van der Waals surface area contributed by atoms with Gasteiger partial charge in [-0.1, -0.05) is 13.8 Å². The van der Waals surface area contributed by atoms with Crippen molar-refractivity contribution < 1.29 is 112 Å². The first-order valence-corrected chi connectivity index (χ1v) is 30.6. The van der Waals surface area contributed by atoms with Crippen LogP contribution in [0, 0.1) is 5.92 Å². The zero-order valence-corrected chi connectivity index (χ0v) is 52.2. The second kappa shape index (κ2) is 43.1. The molecule has 0 aromatic carbocycles. The molecule has 0 saturated carbocycles. The summed E-state index contributed by atoms with van der Waals surface area (Å²) >= 11 is 1.21. The number of aliphatic carboxylic acids is 5. The van der Waals surface area contributed by atoms with E-state index in [-0.39, 0.29) is 57.2 Å². The quantitative estimate of drug-likeness (QED) is 0.0253. The van der Waals surface area contributed by atoms with Crippen molar-refractivity contribution in [1.82, 2.24) is 63.4 Å². The number of nitrogens with two attached hydrogens (primary N) is 1. The van der Waals surface area contributed by atoms with E-state index in [1.54, 1.807) is 27.0 Å². The third-order valence-electron chi connectivity index (χ3n) is 13.3. The molecule has 12 amide bonds. The number of nitrogens with zero attached hydrogens (tertiary/aromatic N) is 1. The molecule has 9 atom stereocenters. The fourth-order valence-corrected chi connectivity index (χ4v) is 9.18. The van der Waals surface area contributed by atoms with E-state index in [9.17, 15) is 102 Å². The lowest BCUT2D eigenvalue weighted by Crippen LogP contribution is -2.59. The first-order chi connectivity index (χ1) is 42.8. The maximum atomic E-state index is 13.9. The number of amides is 12. The lowest BCUT2D eigenvalue weighted by molar-refractivity contribution is -0.142. The van der Waals surface area contributed by atoms with E-state index >= 15 is 0 Å². The normalized spacial score (nSPS) is 15.2. The topological polar surface area (TPSA) is 562 Å². The van der Waals surface area contributed by atoms with E-state index in [0.717, 1.165) is 0 Å². The fraction of sp³-hybridized carbons (Fsp3) is 0.685. The molecule has 0 aliphatic carbocycles. The van der Waals surface area contributed by atoms with Crippen molar-refractivity contribution in [3.63, 3.8) is 0 Å². The average molecular weight is 1320 g/mol. The number of carboxylic acid groups (broad SMARTS) is 5. The number of hydrogen-bond donors (Lipinski definition) is 17. The van der Waals surface area contributed by atoms with Gasteiger partial charge in [-0.25, -0.2) is 0 Å². The van der Waals surface area contributed by atoms with E-state index in [1.165, 1.54) is 23.6 Å². The molecule has 1 heterocycles. The minimum atomic E-state index is -1.84. The van der Waals surface area contributed by atoms with Crippen molar-refractivity contribution in [2.45, 2.75) is 172 Å². The molecule has 18 N–H and O–H groups in total. The van der Waals surface area contributed by atoms with Crippen LogP contribution in [0.15, 0.2) is 0 Å². The van der Waals surface area contributed by atoms with E-state index in [4.69, 9.17) is 15.6 Å². The second-order valence-electron chi connectivity index (χ2n) is 21.3. The highest BCUT2D eigenvalue weighted by Gasteiger charge is 2.37. The van der Waals surface area contributed by atoms with Crippen molar-refractivity contribution in [3.05, 3.63) is 0 Å². The standard InChI is InChI=1S/C54H87N13O23S/c1-6-56-38(68)24-58-46(81)29(4)60-53(88)36(27-91-5)61-39(69)25-59-49(84)35(23-28(2)3)66-54(89)37-10-8-21-67(37)40(70)26-90-22-20-57-48(83)32(13-17-43(75)76)64-50(85)31(9-7-11-41(71)72)63-52(87)34(15-19-45(79)80)65-51(86)33(14-18-44(77)78)62-47(82)30(55)12-16-42(73)74/h28-37H,6-27,55H2,1-5H3,(H,56,68)(H,57,83)(H,58,81)(H,59,84)(H,60,88)(H,61,69)(H,62,82)(H,63,87)(H,64,85)(H,65,86)(H,66,89)(H,71,72)(H,73,74)(H,75,76)(H,77,78)(H,79,80)/t29-,30+,31+,32+,33+,34+,35-,36-,37-/m0/s1. The number of rotatable bonds is 46. The van der Waals surface area contributed by atoms with Crippen molar-refractivity contribution >= 4 is 112 Å². The Morgan fingerprint density at radius 2 is 0.978 bits per heavy atom. The van der Waals surface area contributed by atoms with Crippen LogP contribution in [0.3, 0.4) is 0 Å². The zero-order chi connectivity index (χ0) is 68.9. The number of ether oxygens (including phenoxy) is 1. The molecule has 0 aromatic heterocycles. The summed E-state index contributed by atoms with van der Waals surface area (Å²) in [6, 6.07) is -12.9. The largest absolute Gasteiger partial charge is 0.481 e. The highest BCUT2D eigenvalue weighted by atomic mass is 32.2. The molecular weight excluding hydrogens is 1230 g/mol. The summed E-state index contributed by atoms with van der Waals surface area (Å²) in [5.41, 5.74) is 5.74. The van der Waals surface area contributed by atoms with Crippen molar-refractivity contribution in [1.29, 1.82) is 0 Å². The Kier molecular flexibility index (Phi) is 38.0. The number of carbonyl (C=O) groups is 17. The zero-order valence-electron chi connectivity index (χ0n) is 51.3. The monoisotopic (exact) mass is 1320 g/mol. The molecule has 0 radical (unpaired) electrons. The van der Waals surface area contributed by atoms with Crippen molar-refractivity contribution in [2.75, 3.05) is 57.9 Å². The summed E-state index contributed by atoms with van der Waals surface area (Å²) in [6.07, 6.45) is -3.94. The summed E-state index contributed by atoms with van der Waals surface area (Å²) in [7, 11) is 0. The third-order valence-corrected chi connectivity index (χ3v) is 14.0. The number of nitrogens with one attached hydrogen (secondary N) is 11. The van der Waals surface area contributed by atoms with Crippen molar-refractivity contribution in [2.24, 2.45) is 11.7 Å². The molecule has 1 fully saturated rings. The van der Waals surface area contributed by atoms with Gasteiger partial charge in [-0.2, -0.15) is 11.8 Å². The van der Waals surface area contributed by atoms with Crippen LogP contribution in [-0.2, 0) is 86.2 Å². The molecule has 91 heavy (non-hydrogen) atoms. The van der Waals surface area contributed by atoms with Gasteiger partial charge < -0.3 is 99.4 Å². The lowest BCUT2D eigenvalue weighted by Gasteiger charge is -2.27. The van der Waals surface area contributed by atoms with Crippen LogP contribution >= 0.6 is 11.8 Å². The average Bonchev–Trinajstić information content (AvgIpc) is 2.02. The summed E-state index contributed by atoms with van der Waals surface area (Å²) in [5, 5.41) is 72.8. The highest BCUT2D eigenvalue weighted by Crippen LogP contribution is 2.19. The van der Waals surface area contributed by atoms with Crippen LogP contribution in [0.2, 0.25) is 0 Å². The van der Waals surface area contributed by atoms with Gasteiger partial charge in [0.15, 0.2) is 0 Å². The van der Waals surface area contributed by atoms with Gasteiger partial charge in [0, 0.05) is 57.5 Å². The Labute approximate surface area is 527 Å². The van der Waals surface area contributed by atoms with Crippen molar-refractivity contribution in [3.8, 4) is 0 Å². The smallest absolute Gasteiger partial charge is 0.303 e. The van der Waals surface area contributed by atoms with Gasteiger partial charge >= 0.3 is 29.8 Å². The van der Waals surface area contributed by atoms with Gasteiger partial charge in [-0.15, -0.1) is 0 Å². The molecule has 1 aliphatic rings. The molecule has 36 nitrogen and oxygen atoms in total. The van der Waals surface area contributed by atoms with Gasteiger partial charge in [0.05, 0.1) is 25.7 Å². The Morgan fingerprint density at radius 3 is 1.48 bits per heavy atom. The molecule has 1 aliphatic heterocycles. The van der Waals surface area contributed by atoms with Gasteiger partial charge in [0.25, 0.3) is 0 Å². The maximum absolute atomic E-state index is 13.9. The van der Waals surface area contributed by atoms with E-state index in [1.807, 2.05) is 0 Å². The minimum absolute atomic E-state index is 0.0855. The molecule has 512 valence electrons. The molecule has 0 aromatic rings. The Morgan fingerprint density at radius 1 is 0.516 bits per heavy atom. The third kappa shape index (κ3) is 33.6. The first-order valence-electron chi connectivity index (χ1n) is 29.2. The number of carboxylic acids is 5. The predicted octanol–water partition coefficient (Wildman–Crippen LogP) is -5.66. The molecule has 0 spiro atoms. The SMILES string of the molecule is CCNC(=O)CNC(=O)[C@H](C)NC(=O)[C@H](CSC)NC(=O)CNC(=O)[C@H](CC(C)C)NC(=O)[C@@H]1CCCN1C(=O)COCCNC(=O)[C@@H](CCC(=O)O)NC(=O)[C@@H](CCCC(=O)O)NC(=O)[C@@H](CCC(=O)O)NC(=O)[C@@H](CCC(=O)O)NC(=O)[C@H](N)CCC(=O)O. The van der Waals surface area contributed by atoms with Crippen LogP contribution in [0.1, 0.15) is 118 Å². The van der Waals surface area contributed by atoms with Gasteiger partial charge in [0.1, 0.15) is 54.9 Å². The number of carbonyl (C=O) groups excluding carboxylic acids is 12. The van der Waals surface area contributed by atoms with E-state index < -0.39 is 232 Å². The van der Waals surface area contributed by atoms with Gasteiger partial charge in [-0.3, -0.25) is 81.5 Å². The summed E-state index contributed by atoms with van der Waals surface area (Å²) in [5.74, 6) is -17.4. The molecule has 1 rings (SSSR count). The maximum Gasteiger partial charge on any atom is 0.303 e. The molecule has 0 bridgehead atoms. The van der Waals surface area contributed by atoms with Crippen LogP contribution < -0.4 is 64.2 Å². The van der Waals surface area contributed by atoms with E-state index in [2.05, 4.69) is 58.5 Å². The van der Waals surface area contributed by atoms with Crippen LogP contribution in [0.5, 0.6) is 0 Å². The Hall–Kier alpha value is -8.74. The van der Waals surface area contributed by atoms with Crippen LogP contribution in [0.4, 0.5) is 0 Å². The number of likely N-dealkylation sites (N-methyl/N-ethyl adjacent to an activating group) is 1. The summed E-state index contributed by atoms with van der Waals surface area (Å²) in [4.78, 5) is 217. The predicted molar refractivity (Wildman–Crippen MR) is 317 cm³/mol. The molecular formula is C54H87N13O23S. The Balaban J connectivity index is 3.10. The Bertz CT molecular complexity index is 2580. The number of likely N-dealkylation sites (tertiary alicyclic amines) is 1. The summed E-state index contributed by atoms with van der Waals surface area (Å²) in [6.45, 7) is 4.86. The molecule has 1 saturated heterocycles. The summed E-state index contributed by atoms with van der Waals surface area (Å²) < 4.78 is 5.49. The lowest BCUT2D eigenvalue weighted by atomic mass is 10.0. The van der Waals surface area contributed by atoms with Crippen LogP contribution in [0.25, 0.3) is 0 Å². The van der Waals surface area contributed by atoms with E-state index in [0.29, 0.717) is 13.0 Å².